The summed E-state index contributed by atoms with van der Waals surface area (Å²) in [7, 11) is 0. The van der Waals surface area contributed by atoms with Crippen molar-refractivity contribution in [3.8, 4) is 0 Å². The second-order valence-corrected chi connectivity index (χ2v) is 15.1. The molecular weight excluding hydrogens is 781 g/mol. The highest BCUT2D eigenvalue weighted by Gasteiger charge is 2.44. The molecule has 0 aromatic rings. The molecule has 4 N–H and O–H groups in total. The van der Waals surface area contributed by atoms with Crippen LogP contribution in [0.15, 0.2) is 134 Å². The van der Waals surface area contributed by atoms with Crippen LogP contribution in [0.2, 0.25) is 0 Å². The van der Waals surface area contributed by atoms with Gasteiger partial charge in [0, 0.05) is 13.0 Å². The quantitative estimate of drug-likeness (QED) is 0.0273. The molecule has 1 aliphatic rings. The molecule has 6 atom stereocenters. The van der Waals surface area contributed by atoms with E-state index in [9.17, 15) is 25.2 Å². The number of hydrogen-bond acceptors (Lipinski definition) is 9. The number of carbonyl (C=O) groups is 1. The van der Waals surface area contributed by atoms with E-state index < -0.39 is 43.4 Å². The van der Waals surface area contributed by atoms with E-state index in [1.54, 1.807) is 0 Å². The van der Waals surface area contributed by atoms with Gasteiger partial charge >= 0.3 is 5.97 Å². The fourth-order valence-electron chi connectivity index (χ4n) is 5.99. The Kier molecular flexibility index (Phi) is 38.7. The largest absolute Gasteiger partial charge is 0.457 e. The molecule has 1 rings (SSSR count). The first kappa shape index (κ1) is 56.3. The summed E-state index contributed by atoms with van der Waals surface area (Å²) in [5.41, 5.74) is 0. The Morgan fingerprint density at radius 1 is 0.516 bits per heavy atom. The number of aliphatic hydroxyl groups is 4. The van der Waals surface area contributed by atoms with E-state index in [4.69, 9.17) is 18.9 Å². The van der Waals surface area contributed by atoms with E-state index in [1.807, 2.05) is 0 Å². The van der Waals surface area contributed by atoms with E-state index >= 15 is 0 Å². The van der Waals surface area contributed by atoms with Gasteiger partial charge in [0.25, 0.3) is 0 Å². The molecule has 9 heteroatoms. The Hall–Kier alpha value is -3.67. The Balaban J connectivity index is 2.35. The Morgan fingerprint density at radius 3 is 1.34 bits per heavy atom. The van der Waals surface area contributed by atoms with Crippen molar-refractivity contribution in [2.75, 3.05) is 26.4 Å². The van der Waals surface area contributed by atoms with E-state index in [0.717, 1.165) is 103 Å². The molecule has 0 bridgehead atoms. The van der Waals surface area contributed by atoms with Crippen molar-refractivity contribution in [2.45, 2.75) is 166 Å². The third-order valence-corrected chi connectivity index (χ3v) is 9.56. The summed E-state index contributed by atoms with van der Waals surface area (Å²) >= 11 is 0. The zero-order chi connectivity index (χ0) is 45.0. The molecule has 9 nitrogen and oxygen atoms in total. The fourth-order valence-corrected chi connectivity index (χ4v) is 5.99. The summed E-state index contributed by atoms with van der Waals surface area (Å²) in [4.78, 5) is 12.8. The first-order valence-corrected chi connectivity index (χ1v) is 23.3. The third kappa shape index (κ3) is 33.0. The molecule has 1 aliphatic heterocycles. The van der Waals surface area contributed by atoms with Gasteiger partial charge < -0.3 is 39.4 Å². The van der Waals surface area contributed by atoms with Gasteiger partial charge in [0.1, 0.15) is 30.5 Å². The van der Waals surface area contributed by atoms with Crippen LogP contribution in [0.5, 0.6) is 0 Å². The van der Waals surface area contributed by atoms with E-state index in [2.05, 4.69) is 148 Å². The van der Waals surface area contributed by atoms with Crippen molar-refractivity contribution >= 4 is 5.97 Å². The number of rotatable bonds is 37. The molecule has 0 radical (unpaired) electrons. The number of esters is 1. The number of hydrogen-bond donors (Lipinski definition) is 4. The third-order valence-electron chi connectivity index (χ3n) is 9.56. The van der Waals surface area contributed by atoms with E-state index in [1.165, 1.54) is 0 Å². The topological polar surface area (TPSA) is 135 Å². The number of unbranched alkanes of at least 4 members (excludes halogenated alkanes) is 4. The van der Waals surface area contributed by atoms with Gasteiger partial charge in [-0.25, -0.2) is 0 Å². The Bertz CT molecular complexity index is 1400. The van der Waals surface area contributed by atoms with E-state index in [-0.39, 0.29) is 25.6 Å². The highest BCUT2D eigenvalue weighted by Crippen LogP contribution is 2.22. The zero-order valence-corrected chi connectivity index (χ0v) is 38.1. The predicted molar refractivity (Wildman–Crippen MR) is 255 cm³/mol. The van der Waals surface area contributed by atoms with Gasteiger partial charge in [0.2, 0.25) is 0 Å². The van der Waals surface area contributed by atoms with Crippen LogP contribution in [0.25, 0.3) is 0 Å². The second-order valence-electron chi connectivity index (χ2n) is 15.1. The standard InChI is InChI=1S/C53H82O9/c1-3-5-7-9-11-13-15-17-19-21-23-24-25-26-28-30-32-34-36-38-40-42-49(55)61-47(46-60-53-52(58)51(57)50(56)48(44-54)62-53)45-59-43-41-39-37-35-33-31-29-27-22-20-18-16-14-12-10-8-6-4-2/h5-8,11-14,17-20,23-24,26-29,32-35,47-48,50-54,56-58H,3-4,9-10,15-16,21-22,25,30-31,36-46H2,1-2H3/b7-5-,8-6-,13-11-,14-12-,19-17-,20-18-,24-23-,28-26-,29-27-,34-32-,35-33-. The number of allylic oxidation sites excluding steroid dienone is 22. The minimum Gasteiger partial charge on any atom is -0.457 e. The summed E-state index contributed by atoms with van der Waals surface area (Å²) < 4.78 is 22.7. The van der Waals surface area contributed by atoms with Crippen LogP contribution in [0.1, 0.15) is 129 Å². The van der Waals surface area contributed by atoms with Crippen LogP contribution in [0.3, 0.4) is 0 Å². The van der Waals surface area contributed by atoms with Crippen LogP contribution in [0, 0.1) is 0 Å². The molecule has 1 saturated heterocycles. The first-order chi connectivity index (χ1) is 30.4. The molecule has 1 fully saturated rings. The van der Waals surface area contributed by atoms with E-state index in [0.29, 0.717) is 13.0 Å². The smallest absolute Gasteiger partial charge is 0.306 e. The highest BCUT2D eigenvalue weighted by molar-refractivity contribution is 5.69. The van der Waals surface area contributed by atoms with Gasteiger partial charge in [-0.2, -0.15) is 0 Å². The number of carbonyl (C=O) groups excluding carboxylic acids is 1. The predicted octanol–water partition coefficient (Wildman–Crippen LogP) is 10.9. The second kappa shape index (κ2) is 42.6. The SMILES string of the molecule is CC/C=C\C/C=C\C/C=C\C/C=C\C/C=C\C/C=C\CCCCC(=O)OC(COCCCC/C=C\C/C=C\C/C=C\C/C=C\C/C=C\CC)COC1OC(CO)C(O)C(O)C1O. The highest BCUT2D eigenvalue weighted by atomic mass is 16.7. The molecule has 62 heavy (non-hydrogen) atoms. The molecule has 1 heterocycles. The molecule has 348 valence electrons. The molecule has 0 aromatic heterocycles. The average Bonchev–Trinajstić information content (AvgIpc) is 3.27. The minimum atomic E-state index is -1.56. The van der Waals surface area contributed by atoms with Gasteiger partial charge in [-0.05, 0) is 109 Å². The lowest BCUT2D eigenvalue weighted by atomic mass is 9.99. The summed E-state index contributed by atoms with van der Waals surface area (Å²) in [6.45, 7) is 4.13. The summed E-state index contributed by atoms with van der Waals surface area (Å²) in [5, 5.41) is 40.2. The monoisotopic (exact) mass is 863 g/mol. The Labute approximate surface area is 375 Å². The van der Waals surface area contributed by atoms with Crippen LogP contribution in [0.4, 0.5) is 0 Å². The lowest BCUT2D eigenvalue weighted by Crippen LogP contribution is -2.59. The van der Waals surface area contributed by atoms with Crippen LogP contribution < -0.4 is 0 Å². The van der Waals surface area contributed by atoms with Crippen LogP contribution in [-0.4, -0.2) is 89.6 Å². The number of aliphatic hydroxyl groups excluding tert-OH is 4. The zero-order valence-electron chi connectivity index (χ0n) is 38.1. The summed E-state index contributed by atoms with van der Waals surface area (Å²) in [6, 6.07) is 0. The maximum atomic E-state index is 12.8. The summed E-state index contributed by atoms with van der Waals surface area (Å²) in [5.74, 6) is -0.378. The minimum absolute atomic E-state index is 0.0867. The molecule has 0 saturated carbocycles. The lowest BCUT2D eigenvalue weighted by Gasteiger charge is -2.39. The fraction of sp³-hybridized carbons (Fsp3) is 0.566. The van der Waals surface area contributed by atoms with Crippen molar-refractivity contribution in [3.05, 3.63) is 134 Å². The first-order valence-electron chi connectivity index (χ1n) is 23.3. The molecule has 0 aliphatic carbocycles. The normalized spacial score (nSPS) is 21.0. The van der Waals surface area contributed by atoms with Crippen molar-refractivity contribution in [2.24, 2.45) is 0 Å². The van der Waals surface area contributed by atoms with Gasteiger partial charge in [0.15, 0.2) is 6.29 Å². The molecule has 0 spiro atoms. The molecular formula is C53H82O9. The van der Waals surface area contributed by atoms with Crippen molar-refractivity contribution in [1.29, 1.82) is 0 Å². The van der Waals surface area contributed by atoms with Crippen molar-refractivity contribution in [1.82, 2.24) is 0 Å². The van der Waals surface area contributed by atoms with Crippen LogP contribution in [-0.2, 0) is 23.7 Å². The summed E-state index contributed by atoms with van der Waals surface area (Å²) in [6.07, 6.45) is 56.2. The maximum Gasteiger partial charge on any atom is 0.306 e. The van der Waals surface area contributed by atoms with Crippen molar-refractivity contribution in [3.63, 3.8) is 0 Å². The van der Waals surface area contributed by atoms with Gasteiger partial charge in [-0.3, -0.25) is 4.79 Å². The van der Waals surface area contributed by atoms with Gasteiger partial charge in [-0.1, -0.05) is 148 Å². The lowest BCUT2D eigenvalue weighted by molar-refractivity contribution is -0.305. The van der Waals surface area contributed by atoms with Gasteiger partial charge in [0.05, 0.1) is 19.8 Å². The Morgan fingerprint density at radius 2 is 0.919 bits per heavy atom. The maximum absolute atomic E-state index is 12.8. The van der Waals surface area contributed by atoms with Crippen molar-refractivity contribution < 1.29 is 44.2 Å². The van der Waals surface area contributed by atoms with Gasteiger partial charge in [-0.15, -0.1) is 0 Å². The number of ether oxygens (including phenoxy) is 4. The molecule has 6 unspecified atom stereocenters. The van der Waals surface area contributed by atoms with Crippen LogP contribution >= 0.6 is 0 Å². The average molecular weight is 863 g/mol. The molecule has 0 amide bonds. The molecule has 0 aromatic carbocycles.